The standard InChI is InChI=1S/C16H13NO2S/c1-2-13-17-14(15(20-13)16(18)19)12-8-7-10-5-3-4-6-11(10)9-12/h3-9H,2H2,1H3,(H,18,19). The van der Waals surface area contributed by atoms with Crippen molar-refractivity contribution >= 4 is 28.1 Å². The SMILES string of the molecule is CCc1nc(-c2ccc3ccccc3c2)c(C(=O)O)s1. The van der Waals surface area contributed by atoms with Crippen molar-refractivity contribution in [3.63, 3.8) is 0 Å². The van der Waals surface area contributed by atoms with E-state index in [4.69, 9.17) is 0 Å². The van der Waals surface area contributed by atoms with Crippen molar-refractivity contribution in [1.29, 1.82) is 0 Å². The summed E-state index contributed by atoms with van der Waals surface area (Å²) in [6.07, 6.45) is 0.749. The molecule has 1 N–H and O–H groups in total. The Bertz CT molecular complexity index is 792. The number of hydrogen-bond donors (Lipinski definition) is 1. The zero-order valence-corrected chi connectivity index (χ0v) is 11.8. The van der Waals surface area contributed by atoms with Crippen molar-refractivity contribution in [3.05, 3.63) is 52.3 Å². The minimum atomic E-state index is -0.912. The predicted octanol–water partition coefficient (Wildman–Crippen LogP) is 4.22. The van der Waals surface area contributed by atoms with E-state index in [1.807, 2.05) is 49.4 Å². The Balaban J connectivity index is 2.19. The molecule has 0 saturated heterocycles. The van der Waals surface area contributed by atoms with Crippen LogP contribution in [0.25, 0.3) is 22.0 Å². The Morgan fingerprint density at radius 2 is 1.95 bits per heavy atom. The quantitative estimate of drug-likeness (QED) is 0.782. The average Bonchev–Trinajstić information content (AvgIpc) is 2.91. The van der Waals surface area contributed by atoms with Crippen molar-refractivity contribution < 1.29 is 9.90 Å². The van der Waals surface area contributed by atoms with E-state index < -0.39 is 5.97 Å². The number of aromatic carboxylic acids is 1. The molecule has 3 rings (SSSR count). The molecule has 0 bridgehead atoms. The van der Waals surface area contributed by atoms with Gasteiger partial charge in [0.1, 0.15) is 4.88 Å². The summed E-state index contributed by atoms with van der Waals surface area (Å²) in [7, 11) is 0. The molecule has 0 atom stereocenters. The molecule has 0 aliphatic rings. The highest BCUT2D eigenvalue weighted by Crippen LogP contribution is 2.30. The lowest BCUT2D eigenvalue weighted by Crippen LogP contribution is -1.95. The van der Waals surface area contributed by atoms with Gasteiger partial charge in [-0.1, -0.05) is 43.3 Å². The van der Waals surface area contributed by atoms with E-state index in [0.717, 1.165) is 27.8 Å². The van der Waals surface area contributed by atoms with Crippen LogP contribution in [0, 0.1) is 0 Å². The van der Waals surface area contributed by atoms with Crippen LogP contribution in [-0.4, -0.2) is 16.1 Å². The van der Waals surface area contributed by atoms with Gasteiger partial charge in [-0.2, -0.15) is 0 Å². The Morgan fingerprint density at radius 1 is 1.20 bits per heavy atom. The Kier molecular flexibility index (Phi) is 3.24. The normalized spacial score (nSPS) is 10.8. The van der Waals surface area contributed by atoms with Crippen LogP contribution in [-0.2, 0) is 6.42 Å². The first-order valence-electron chi connectivity index (χ1n) is 6.41. The number of thiazole rings is 1. The van der Waals surface area contributed by atoms with Gasteiger partial charge in [-0.3, -0.25) is 0 Å². The van der Waals surface area contributed by atoms with Gasteiger partial charge >= 0.3 is 5.97 Å². The third-order valence-corrected chi connectivity index (χ3v) is 4.38. The minimum absolute atomic E-state index is 0.317. The van der Waals surface area contributed by atoms with Gasteiger partial charge < -0.3 is 5.11 Å². The topological polar surface area (TPSA) is 50.2 Å². The van der Waals surface area contributed by atoms with Crippen LogP contribution >= 0.6 is 11.3 Å². The van der Waals surface area contributed by atoms with Gasteiger partial charge in [0.15, 0.2) is 0 Å². The van der Waals surface area contributed by atoms with Crippen molar-refractivity contribution in [1.82, 2.24) is 4.98 Å². The highest BCUT2D eigenvalue weighted by atomic mass is 32.1. The molecule has 3 aromatic rings. The molecule has 0 saturated carbocycles. The van der Waals surface area contributed by atoms with Crippen LogP contribution in [0.4, 0.5) is 0 Å². The van der Waals surface area contributed by atoms with Crippen LogP contribution in [0.1, 0.15) is 21.6 Å². The average molecular weight is 283 g/mol. The first kappa shape index (κ1) is 12.8. The lowest BCUT2D eigenvalue weighted by atomic mass is 10.0. The smallest absolute Gasteiger partial charge is 0.348 e. The molecule has 20 heavy (non-hydrogen) atoms. The Hall–Kier alpha value is -2.20. The number of aryl methyl sites for hydroxylation is 1. The van der Waals surface area contributed by atoms with E-state index in [-0.39, 0.29) is 0 Å². The van der Waals surface area contributed by atoms with Gasteiger partial charge in [-0.05, 0) is 23.3 Å². The molecule has 1 heterocycles. The summed E-state index contributed by atoms with van der Waals surface area (Å²) >= 11 is 1.26. The fourth-order valence-electron chi connectivity index (χ4n) is 2.19. The van der Waals surface area contributed by atoms with Gasteiger partial charge in [-0.15, -0.1) is 11.3 Å². The highest BCUT2D eigenvalue weighted by Gasteiger charge is 2.18. The summed E-state index contributed by atoms with van der Waals surface area (Å²) in [5.74, 6) is -0.912. The minimum Gasteiger partial charge on any atom is -0.477 e. The van der Waals surface area contributed by atoms with E-state index in [0.29, 0.717) is 10.6 Å². The predicted molar refractivity (Wildman–Crippen MR) is 81.4 cm³/mol. The van der Waals surface area contributed by atoms with Crippen LogP contribution in [0.2, 0.25) is 0 Å². The Morgan fingerprint density at radius 3 is 2.65 bits per heavy atom. The maximum absolute atomic E-state index is 11.4. The van der Waals surface area contributed by atoms with Gasteiger partial charge in [0.2, 0.25) is 0 Å². The van der Waals surface area contributed by atoms with E-state index in [2.05, 4.69) is 4.98 Å². The van der Waals surface area contributed by atoms with E-state index in [1.54, 1.807) is 0 Å². The summed E-state index contributed by atoms with van der Waals surface area (Å²) in [6, 6.07) is 14.0. The number of fused-ring (bicyclic) bond motifs is 1. The molecule has 0 spiro atoms. The lowest BCUT2D eigenvalue weighted by molar-refractivity contribution is 0.0702. The van der Waals surface area contributed by atoms with Crippen LogP contribution in [0.3, 0.4) is 0 Å². The molecule has 3 nitrogen and oxygen atoms in total. The van der Waals surface area contributed by atoms with Gasteiger partial charge in [0.05, 0.1) is 10.7 Å². The molecular weight excluding hydrogens is 270 g/mol. The number of aromatic nitrogens is 1. The number of carboxylic acids is 1. The summed E-state index contributed by atoms with van der Waals surface area (Å²) in [5, 5.41) is 12.4. The zero-order chi connectivity index (χ0) is 14.1. The van der Waals surface area contributed by atoms with Crippen molar-refractivity contribution in [3.8, 4) is 11.3 Å². The molecular formula is C16H13NO2S. The van der Waals surface area contributed by atoms with Crippen molar-refractivity contribution in [2.75, 3.05) is 0 Å². The molecule has 100 valence electrons. The monoisotopic (exact) mass is 283 g/mol. The summed E-state index contributed by atoms with van der Waals surface area (Å²) in [4.78, 5) is 16.1. The summed E-state index contributed by atoms with van der Waals surface area (Å²) in [6.45, 7) is 1.98. The maximum Gasteiger partial charge on any atom is 0.348 e. The molecule has 0 amide bonds. The Labute approximate surface area is 120 Å². The number of rotatable bonds is 3. The molecule has 0 fully saturated rings. The first-order valence-corrected chi connectivity index (χ1v) is 7.23. The molecule has 0 unspecified atom stereocenters. The summed E-state index contributed by atoms with van der Waals surface area (Å²) in [5.41, 5.74) is 1.43. The zero-order valence-electron chi connectivity index (χ0n) is 11.0. The van der Waals surface area contributed by atoms with E-state index >= 15 is 0 Å². The molecule has 0 aliphatic heterocycles. The second-order valence-electron chi connectivity index (χ2n) is 4.51. The first-order chi connectivity index (χ1) is 9.69. The maximum atomic E-state index is 11.4. The third kappa shape index (κ3) is 2.18. The highest BCUT2D eigenvalue weighted by molar-refractivity contribution is 7.14. The molecule has 0 aliphatic carbocycles. The van der Waals surface area contributed by atoms with Crippen molar-refractivity contribution in [2.24, 2.45) is 0 Å². The molecule has 1 aromatic heterocycles. The fourth-order valence-corrected chi connectivity index (χ4v) is 3.06. The second-order valence-corrected chi connectivity index (χ2v) is 5.59. The number of nitrogens with zero attached hydrogens (tertiary/aromatic N) is 1. The van der Waals surface area contributed by atoms with Gasteiger partial charge in [0.25, 0.3) is 0 Å². The number of carboxylic acid groups (broad SMARTS) is 1. The van der Waals surface area contributed by atoms with Crippen LogP contribution < -0.4 is 0 Å². The lowest BCUT2D eigenvalue weighted by Gasteiger charge is -2.02. The molecule has 0 radical (unpaired) electrons. The van der Waals surface area contributed by atoms with Gasteiger partial charge in [-0.25, -0.2) is 9.78 Å². The van der Waals surface area contributed by atoms with Crippen LogP contribution in [0.15, 0.2) is 42.5 Å². The summed E-state index contributed by atoms with van der Waals surface area (Å²) < 4.78 is 0. The number of benzene rings is 2. The largest absolute Gasteiger partial charge is 0.477 e. The second kappa shape index (κ2) is 5.06. The fraction of sp³-hybridized carbons (Fsp3) is 0.125. The number of hydrogen-bond acceptors (Lipinski definition) is 3. The third-order valence-electron chi connectivity index (χ3n) is 3.19. The van der Waals surface area contributed by atoms with Crippen LogP contribution in [0.5, 0.6) is 0 Å². The molecule has 2 aromatic carbocycles. The van der Waals surface area contributed by atoms with Crippen molar-refractivity contribution in [2.45, 2.75) is 13.3 Å². The molecule has 4 heteroatoms. The van der Waals surface area contributed by atoms with E-state index in [9.17, 15) is 9.90 Å². The number of carbonyl (C=O) groups is 1. The van der Waals surface area contributed by atoms with E-state index in [1.165, 1.54) is 11.3 Å². The van der Waals surface area contributed by atoms with Gasteiger partial charge in [0, 0.05) is 5.56 Å².